The van der Waals surface area contributed by atoms with Crippen LogP contribution in [-0.2, 0) is 0 Å². The molecule has 1 heterocycles. The van der Waals surface area contributed by atoms with Gasteiger partial charge in [-0.25, -0.2) is 0 Å². The second kappa shape index (κ2) is 3.96. The summed E-state index contributed by atoms with van der Waals surface area (Å²) in [4.78, 5) is 23.7. The molecule has 0 saturated carbocycles. The Morgan fingerprint density at radius 3 is 2.33 bits per heavy atom. The summed E-state index contributed by atoms with van der Waals surface area (Å²) in [5.74, 6) is 0. The molecule has 0 aliphatic carbocycles. The smallest absolute Gasteiger partial charge is 0.254 e. The molecule has 21 heavy (non-hydrogen) atoms. The summed E-state index contributed by atoms with van der Waals surface area (Å²) in [6.07, 6.45) is 0. The van der Waals surface area contributed by atoms with Crippen molar-refractivity contribution in [2.75, 3.05) is 0 Å². The third-order valence-electron chi connectivity index (χ3n) is 3.57. The first kappa shape index (κ1) is 11.7. The van der Waals surface area contributed by atoms with E-state index < -0.39 is 10.9 Å². The van der Waals surface area contributed by atoms with Crippen molar-refractivity contribution in [2.45, 2.75) is 0 Å². The third-order valence-corrected chi connectivity index (χ3v) is 3.57. The van der Waals surface area contributed by atoms with Crippen LogP contribution in [0.5, 0.6) is 0 Å². The minimum absolute atomic E-state index is 0.0109. The topological polar surface area (TPSA) is 72.4 Å². The molecule has 5 heteroatoms. The van der Waals surface area contributed by atoms with E-state index in [1.165, 1.54) is 0 Å². The maximum atomic E-state index is 11.9. The van der Waals surface area contributed by atoms with E-state index in [1.54, 1.807) is 48.5 Å². The summed E-state index contributed by atoms with van der Waals surface area (Å²) in [5.41, 5.74) is -0.111. The molecule has 0 radical (unpaired) electrons. The van der Waals surface area contributed by atoms with E-state index in [1.807, 2.05) is 0 Å². The molecule has 0 bridgehead atoms. The Morgan fingerprint density at radius 1 is 0.857 bits per heavy atom. The molecule has 102 valence electrons. The summed E-state index contributed by atoms with van der Waals surface area (Å²) >= 11 is 0. The highest BCUT2D eigenvalue weighted by Crippen LogP contribution is 2.23. The molecule has 5 nitrogen and oxygen atoms in total. The number of rotatable bonds is 0. The number of aromatic nitrogens is 1. The molecule has 0 aliphatic heterocycles. The van der Waals surface area contributed by atoms with E-state index in [0.29, 0.717) is 22.1 Å². The van der Waals surface area contributed by atoms with Crippen molar-refractivity contribution in [3.63, 3.8) is 0 Å². The van der Waals surface area contributed by atoms with Crippen LogP contribution in [-0.4, -0.2) is 9.94 Å². The Balaban J connectivity index is 2.47. The number of nitrogens with zero attached hydrogens (tertiary/aromatic N) is 1. The summed E-state index contributed by atoms with van der Waals surface area (Å²) < 4.78 is 6.52. The Kier molecular flexibility index (Phi) is 2.21. The number of fused-ring (bicyclic) bond motifs is 4. The molecule has 1 N–H and O–H groups in total. The lowest BCUT2D eigenvalue weighted by Gasteiger charge is -2.08. The fourth-order valence-corrected chi connectivity index (χ4v) is 2.55. The zero-order valence-electron chi connectivity index (χ0n) is 10.7. The van der Waals surface area contributed by atoms with E-state index >= 15 is 0 Å². The molecule has 4 rings (SSSR count). The van der Waals surface area contributed by atoms with Crippen molar-refractivity contribution < 1.29 is 9.62 Å². The lowest BCUT2D eigenvalue weighted by Crippen LogP contribution is -2.33. The van der Waals surface area contributed by atoms with Crippen molar-refractivity contribution >= 4 is 33.0 Å². The third kappa shape index (κ3) is 1.45. The Bertz CT molecular complexity index is 1140. The molecule has 0 unspecified atom stereocenters. The fraction of sp³-hybridized carbons (Fsp3) is 0. The van der Waals surface area contributed by atoms with Crippen LogP contribution in [0.4, 0.5) is 0 Å². The Labute approximate surface area is 117 Å². The van der Waals surface area contributed by atoms with Gasteiger partial charge in [-0.15, -0.1) is 0 Å². The Morgan fingerprint density at radius 2 is 1.52 bits per heavy atom. The van der Waals surface area contributed by atoms with Crippen LogP contribution in [0.1, 0.15) is 0 Å². The predicted octanol–water partition coefficient (Wildman–Crippen LogP) is 2.50. The van der Waals surface area contributed by atoms with Gasteiger partial charge in [-0.3, -0.25) is 9.59 Å². The van der Waals surface area contributed by atoms with Gasteiger partial charge in [0.05, 0.1) is 5.39 Å². The first-order valence-corrected chi connectivity index (χ1v) is 6.37. The van der Waals surface area contributed by atoms with Gasteiger partial charge in [-0.05, 0) is 18.2 Å². The minimum Gasteiger partial charge on any atom is -0.454 e. The minimum atomic E-state index is -0.695. The summed E-state index contributed by atoms with van der Waals surface area (Å²) in [6, 6.07) is 13.7. The average molecular weight is 279 g/mol. The van der Waals surface area contributed by atoms with Gasteiger partial charge in [-0.2, -0.15) is 4.73 Å². The average Bonchev–Trinajstić information content (AvgIpc) is 2.51. The second-order valence-electron chi connectivity index (χ2n) is 4.76. The number of hydrogen-bond acceptors (Lipinski definition) is 4. The van der Waals surface area contributed by atoms with Crippen molar-refractivity contribution in [3.8, 4) is 0 Å². The lowest BCUT2D eigenvalue weighted by molar-refractivity contribution is 0.210. The summed E-state index contributed by atoms with van der Waals surface area (Å²) in [5, 5.41) is 11.0. The van der Waals surface area contributed by atoms with Crippen LogP contribution < -0.4 is 10.9 Å². The van der Waals surface area contributed by atoms with E-state index in [2.05, 4.69) is 0 Å². The van der Waals surface area contributed by atoms with Gasteiger partial charge in [0.15, 0.2) is 5.58 Å². The fourth-order valence-electron chi connectivity index (χ4n) is 2.55. The summed E-state index contributed by atoms with van der Waals surface area (Å²) in [7, 11) is 0. The quantitative estimate of drug-likeness (QED) is 0.396. The maximum Gasteiger partial charge on any atom is 0.254 e. The zero-order valence-corrected chi connectivity index (χ0v) is 10.7. The SMILES string of the molecule is O=c1c(=O)c2c1c1ccccc1oc1ccccc1n2O. The first-order chi connectivity index (χ1) is 10.2. The van der Waals surface area contributed by atoms with Gasteiger partial charge in [0.2, 0.25) is 5.43 Å². The van der Waals surface area contributed by atoms with Crippen molar-refractivity contribution in [3.05, 3.63) is 69.0 Å². The van der Waals surface area contributed by atoms with E-state index in [-0.39, 0.29) is 10.9 Å². The highest BCUT2D eigenvalue weighted by atomic mass is 16.5. The number of para-hydroxylation sites is 3. The van der Waals surface area contributed by atoms with Gasteiger partial charge < -0.3 is 9.62 Å². The normalized spacial score (nSPS) is 11.4. The molecule has 0 aliphatic rings. The molecule has 4 aromatic rings. The molecule has 0 atom stereocenters. The first-order valence-electron chi connectivity index (χ1n) is 6.37. The molecular weight excluding hydrogens is 270 g/mol. The van der Waals surface area contributed by atoms with E-state index in [0.717, 1.165) is 4.73 Å². The van der Waals surface area contributed by atoms with E-state index in [9.17, 15) is 14.8 Å². The van der Waals surface area contributed by atoms with Gasteiger partial charge >= 0.3 is 0 Å². The van der Waals surface area contributed by atoms with Crippen LogP contribution >= 0.6 is 0 Å². The van der Waals surface area contributed by atoms with Crippen LogP contribution in [0, 0.1) is 0 Å². The molecule has 1 aromatic heterocycles. The van der Waals surface area contributed by atoms with E-state index in [4.69, 9.17) is 4.42 Å². The van der Waals surface area contributed by atoms with Crippen LogP contribution in [0.25, 0.3) is 33.0 Å². The standard InChI is InChI=1S/C16H9NO4/c18-15-13-9-5-1-3-7-11(9)21-12-8-4-2-6-10(12)17(20)14(13)16(15)19/h1-8,20H. The van der Waals surface area contributed by atoms with Gasteiger partial charge in [0.25, 0.3) is 5.43 Å². The van der Waals surface area contributed by atoms with Crippen molar-refractivity contribution in [1.82, 2.24) is 4.73 Å². The van der Waals surface area contributed by atoms with Crippen LogP contribution in [0.15, 0.2) is 62.5 Å². The van der Waals surface area contributed by atoms with Gasteiger partial charge in [0.1, 0.15) is 16.6 Å². The van der Waals surface area contributed by atoms with Gasteiger partial charge in [-0.1, -0.05) is 30.3 Å². The highest BCUT2D eigenvalue weighted by Gasteiger charge is 2.19. The Hall–Kier alpha value is -3.08. The molecule has 0 fully saturated rings. The molecule has 0 amide bonds. The van der Waals surface area contributed by atoms with Gasteiger partial charge in [0, 0.05) is 5.39 Å². The highest BCUT2D eigenvalue weighted by molar-refractivity contribution is 6.06. The zero-order chi connectivity index (χ0) is 14.6. The summed E-state index contributed by atoms with van der Waals surface area (Å²) in [6.45, 7) is 0. The second-order valence-corrected chi connectivity index (χ2v) is 4.76. The number of hydrogen-bond donors (Lipinski definition) is 1. The van der Waals surface area contributed by atoms with Crippen molar-refractivity contribution in [1.29, 1.82) is 0 Å². The van der Waals surface area contributed by atoms with Crippen LogP contribution in [0.2, 0.25) is 0 Å². The molecule has 3 aromatic carbocycles. The predicted molar refractivity (Wildman–Crippen MR) is 78.9 cm³/mol. The maximum absolute atomic E-state index is 11.9. The van der Waals surface area contributed by atoms with Crippen molar-refractivity contribution in [2.24, 2.45) is 0 Å². The molecule has 0 saturated heterocycles. The van der Waals surface area contributed by atoms with Crippen LogP contribution in [0.3, 0.4) is 0 Å². The lowest BCUT2D eigenvalue weighted by atomic mass is 10.1. The molecular formula is C16H9NO4. The number of benzene rings is 2. The largest absolute Gasteiger partial charge is 0.454 e. The monoisotopic (exact) mass is 279 g/mol. The molecule has 0 spiro atoms.